The van der Waals surface area contributed by atoms with E-state index in [1.807, 2.05) is 24.6 Å². The number of piperidine rings is 1. The standard InChI is InChI=1S/C18H24FN5O/c1-13(17-22-20-12-23(17)2)21-18(25)15-6-4-8-24(11-15)10-14-5-3-7-16(19)9-14/h3,5,7,9,12-13,15H,4,6,8,10-11H2,1-2H3,(H,21,25)/t13-,15-/m1/s1. The van der Waals surface area contributed by atoms with Crippen molar-refractivity contribution in [1.82, 2.24) is 25.0 Å². The number of nitrogens with zero attached hydrogens (tertiary/aromatic N) is 4. The number of carbonyl (C=O) groups is 1. The molecule has 0 unspecified atom stereocenters. The average molecular weight is 345 g/mol. The second-order valence-electron chi connectivity index (χ2n) is 6.73. The molecule has 0 saturated carbocycles. The summed E-state index contributed by atoms with van der Waals surface area (Å²) in [5, 5.41) is 10.9. The van der Waals surface area contributed by atoms with Crippen LogP contribution < -0.4 is 5.32 Å². The maximum absolute atomic E-state index is 13.3. The molecule has 2 atom stereocenters. The van der Waals surface area contributed by atoms with Gasteiger partial charge >= 0.3 is 0 Å². The van der Waals surface area contributed by atoms with E-state index in [2.05, 4.69) is 20.4 Å². The van der Waals surface area contributed by atoms with Crippen molar-refractivity contribution in [2.45, 2.75) is 32.4 Å². The van der Waals surface area contributed by atoms with Gasteiger partial charge in [0, 0.05) is 20.1 Å². The Morgan fingerprint density at radius 2 is 2.32 bits per heavy atom. The molecule has 7 heteroatoms. The van der Waals surface area contributed by atoms with Crippen molar-refractivity contribution in [3.05, 3.63) is 47.8 Å². The van der Waals surface area contributed by atoms with E-state index in [4.69, 9.17) is 0 Å². The lowest BCUT2D eigenvalue weighted by molar-refractivity contribution is -0.127. The molecule has 1 aliphatic rings. The van der Waals surface area contributed by atoms with E-state index in [9.17, 15) is 9.18 Å². The fourth-order valence-corrected chi connectivity index (χ4v) is 3.39. The Bertz CT molecular complexity index is 732. The lowest BCUT2D eigenvalue weighted by Crippen LogP contribution is -2.43. The zero-order valence-corrected chi connectivity index (χ0v) is 14.7. The average Bonchev–Trinajstić information content (AvgIpc) is 3.01. The molecule has 2 aromatic rings. The van der Waals surface area contributed by atoms with E-state index in [0.29, 0.717) is 13.1 Å². The van der Waals surface area contributed by atoms with Gasteiger partial charge in [-0.3, -0.25) is 9.69 Å². The Balaban J connectivity index is 1.57. The molecule has 0 spiro atoms. The zero-order valence-electron chi connectivity index (χ0n) is 14.7. The number of hydrogen-bond acceptors (Lipinski definition) is 4. The topological polar surface area (TPSA) is 63.1 Å². The van der Waals surface area contributed by atoms with E-state index < -0.39 is 0 Å². The van der Waals surface area contributed by atoms with Gasteiger partial charge in [-0.1, -0.05) is 12.1 Å². The predicted octanol–water partition coefficient (Wildman–Crippen LogP) is 2.04. The minimum atomic E-state index is -0.221. The third-order valence-electron chi connectivity index (χ3n) is 4.66. The smallest absolute Gasteiger partial charge is 0.224 e. The van der Waals surface area contributed by atoms with Gasteiger partial charge in [0.15, 0.2) is 5.82 Å². The van der Waals surface area contributed by atoms with Crippen molar-refractivity contribution in [2.75, 3.05) is 13.1 Å². The summed E-state index contributed by atoms with van der Waals surface area (Å²) < 4.78 is 15.1. The molecule has 1 fully saturated rings. The number of halogens is 1. The molecule has 134 valence electrons. The highest BCUT2D eigenvalue weighted by Gasteiger charge is 2.27. The van der Waals surface area contributed by atoms with Crippen LogP contribution in [-0.2, 0) is 18.4 Å². The van der Waals surface area contributed by atoms with E-state index in [0.717, 1.165) is 30.8 Å². The predicted molar refractivity (Wildman–Crippen MR) is 92.0 cm³/mol. The van der Waals surface area contributed by atoms with Crippen molar-refractivity contribution >= 4 is 5.91 Å². The highest BCUT2D eigenvalue weighted by atomic mass is 19.1. The van der Waals surface area contributed by atoms with Gasteiger partial charge in [-0.25, -0.2) is 4.39 Å². The van der Waals surface area contributed by atoms with Gasteiger partial charge in [0.1, 0.15) is 12.1 Å². The Kier molecular flexibility index (Phi) is 5.43. The van der Waals surface area contributed by atoms with E-state index in [1.54, 1.807) is 18.5 Å². The first-order chi connectivity index (χ1) is 12.0. The maximum Gasteiger partial charge on any atom is 0.224 e. The molecule has 1 saturated heterocycles. The largest absolute Gasteiger partial charge is 0.346 e. The van der Waals surface area contributed by atoms with Crippen LogP contribution in [0.25, 0.3) is 0 Å². The number of nitrogens with one attached hydrogen (secondary N) is 1. The van der Waals surface area contributed by atoms with Gasteiger partial charge in [-0.2, -0.15) is 0 Å². The van der Waals surface area contributed by atoms with Crippen molar-refractivity contribution in [2.24, 2.45) is 13.0 Å². The number of hydrogen-bond donors (Lipinski definition) is 1. The molecule has 3 rings (SSSR count). The van der Waals surface area contributed by atoms with Crippen molar-refractivity contribution in [1.29, 1.82) is 0 Å². The lowest BCUT2D eigenvalue weighted by atomic mass is 9.96. The van der Waals surface area contributed by atoms with Crippen LogP contribution >= 0.6 is 0 Å². The van der Waals surface area contributed by atoms with Crippen LogP contribution in [0.4, 0.5) is 4.39 Å². The van der Waals surface area contributed by atoms with Gasteiger partial charge in [-0.15, -0.1) is 10.2 Å². The first-order valence-electron chi connectivity index (χ1n) is 8.64. The third-order valence-corrected chi connectivity index (χ3v) is 4.66. The molecule has 1 amide bonds. The van der Waals surface area contributed by atoms with Gasteiger partial charge in [-0.05, 0) is 44.0 Å². The fraction of sp³-hybridized carbons (Fsp3) is 0.500. The van der Waals surface area contributed by atoms with Crippen LogP contribution in [0.1, 0.15) is 37.2 Å². The molecule has 25 heavy (non-hydrogen) atoms. The summed E-state index contributed by atoms with van der Waals surface area (Å²) in [6, 6.07) is 6.46. The van der Waals surface area contributed by atoms with Crippen LogP contribution in [0.5, 0.6) is 0 Å². The summed E-state index contributed by atoms with van der Waals surface area (Å²) >= 11 is 0. The minimum Gasteiger partial charge on any atom is -0.346 e. The zero-order chi connectivity index (χ0) is 17.8. The Hall–Kier alpha value is -2.28. The summed E-state index contributed by atoms with van der Waals surface area (Å²) in [5.41, 5.74) is 0.938. The Morgan fingerprint density at radius 1 is 1.48 bits per heavy atom. The highest BCUT2D eigenvalue weighted by molar-refractivity contribution is 5.79. The quantitative estimate of drug-likeness (QED) is 0.901. The Morgan fingerprint density at radius 3 is 3.04 bits per heavy atom. The number of carbonyl (C=O) groups excluding carboxylic acids is 1. The molecule has 2 heterocycles. The number of likely N-dealkylation sites (tertiary alicyclic amines) is 1. The number of aromatic nitrogens is 3. The molecule has 1 aromatic heterocycles. The normalized spacial score (nSPS) is 19.6. The summed E-state index contributed by atoms with van der Waals surface area (Å²) in [7, 11) is 1.86. The first kappa shape index (κ1) is 17.5. The molecule has 0 radical (unpaired) electrons. The van der Waals surface area contributed by atoms with Crippen LogP contribution in [0.15, 0.2) is 30.6 Å². The number of amides is 1. The van der Waals surface area contributed by atoms with E-state index >= 15 is 0 Å². The molecule has 0 bridgehead atoms. The highest BCUT2D eigenvalue weighted by Crippen LogP contribution is 2.20. The molecule has 1 N–H and O–H groups in total. The van der Waals surface area contributed by atoms with Gasteiger partial charge in [0.2, 0.25) is 5.91 Å². The monoisotopic (exact) mass is 345 g/mol. The number of aryl methyl sites for hydroxylation is 1. The van der Waals surface area contributed by atoms with Crippen molar-refractivity contribution in [3.63, 3.8) is 0 Å². The van der Waals surface area contributed by atoms with E-state index in [1.165, 1.54) is 6.07 Å². The van der Waals surface area contributed by atoms with Gasteiger partial charge in [0.25, 0.3) is 0 Å². The van der Waals surface area contributed by atoms with Crippen LogP contribution in [0.3, 0.4) is 0 Å². The second-order valence-corrected chi connectivity index (χ2v) is 6.73. The second kappa shape index (κ2) is 7.74. The molecular weight excluding hydrogens is 321 g/mol. The van der Waals surface area contributed by atoms with Gasteiger partial charge < -0.3 is 9.88 Å². The summed E-state index contributed by atoms with van der Waals surface area (Å²) in [4.78, 5) is 14.8. The lowest BCUT2D eigenvalue weighted by Gasteiger charge is -2.32. The maximum atomic E-state index is 13.3. The third kappa shape index (κ3) is 4.42. The van der Waals surface area contributed by atoms with Crippen LogP contribution in [0, 0.1) is 11.7 Å². The van der Waals surface area contributed by atoms with Crippen molar-refractivity contribution in [3.8, 4) is 0 Å². The van der Waals surface area contributed by atoms with Crippen LogP contribution in [-0.4, -0.2) is 38.7 Å². The number of benzene rings is 1. The Labute approximate surface area is 147 Å². The first-order valence-corrected chi connectivity index (χ1v) is 8.64. The SMILES string of the molecule is C[C@@H](NC(=O)[C@@H]1CCCN(Cc2cccc(F)c2)C1)c1nncn1C. The van der Waals surface area contributed by atoms with Crippen LogP contribution in [0.2, 0.25) is 0 Å². The summed E-state index contributed by atoms with van der Waals surface area (Å²) in [6.45, 7) is 4.20. The summed E-state index contributed by atoms with van der Waals surface area (Å²) in [6.07, 6.45) is 3.46. The molecule has 0 aliphatic carbocycles. The number of rotatable bonds is 5. The molecule has 1 aliphatic heterocycles. The molecule has 6 nitrogen and oxygen atoms in total. The molecular formula is C18H24FN5O. The minimum absolute atomic E-state index is 0.0412. The van der Waals surface area contributed by atoms with Gasteiger partial charge in [0.05, 0.1) is 12.0 Å². The fourth-order valence-electron chi connectivity index (χ4n) is 3.39. The van der Waals surface area contributed by atoms with Crippen molar-refractivity contribution < 1.29 is 9.18 Å². The summed E-state index contributed by atoms with van der Waals surface area (Å²) in [5.74, 6) is 0.500. The molecule has 1 aromatic carbocycles. The van der Waals surface area contributed by atoms with E-state index in [-0.39, 0.29) is 23.7 Å².